The number of hydrogen-bond acceptors (Lipinski definition) is 6. The van der Waals surface area contributed by atoms with Gasteiger partial charge in [-0.15, -0.1) is 0 Å². The molecule has 0 radical (unpaired) electrons. The van der Waals surface area contributed by atoms with Crippen LogP contribution >= 0.6 is 0 Å². The number of benzene rings is 1. The van der Waals surface area contributed by atoms with Crippen LogP contribution in [-0.4, -0.2) is 36.2 Å². The van der Waals surface area contributed by atoms with E-state index in [1.54, 1.807) is 0 Å². The number of aromatic nitrogens is 2. The van der Waals surface area contributed by atoms with Crippen LogP contribution in [0.2, 0.25) is 0 Å². The average molecular weight is 408 g/mol. The maximum absolute atomic E-state index is 10.6. The van der Waals surface area contributed by atoms with Gasteiger partial charge in [0.2, 0.25) is 5.89 Å². The van der Waals surface area contributed by atoms with Crippen LogP contribution in [0.3, 0.4) is 0 Å². The topological polar surface area (TPSA) is 77.2 Å². The number of fused-ring (bicyclic) bond motifs is 2. The molecule has 1 saturated heterocycles. The van der Waals surface area contributed by atoms with Gasteiger partial charge < -0.3 is 14.6 Å². The van der Waals surface area contributed by atoms with Crippen LogP contribution < -0.4 is 5.32 Å². The number of rotatable bonds is 7. The van der Waals surface area contributed by atoms with E-state index < -0.39 is 0 Å². The maximum Gasteiger partial charge on any atom is 0.232 e. The van der Waals surface area contributed by atoms with E-state index in [1.165, 1.54) is 18.9 Å². The van der Waals surface area contributed by atoms with Crippen molar-refractivity contribution in [2.75, 3.05) is 25.1 Å². The van der Waals surface area contributed by atoms with E-state index in [2.05, 4.69) is 22.6 Å². The molecule has 158 valence electrons. The van der Waals surface area contributed by atoms with Crippen LogP contribution in [0.15, 0.2) is 34.9 Å². The van der Waals surface area contributed by atoms with Gasteiger partial charge in [0.25, 0.3) is 0 Å². The average Bonchev–Trinajstić information content (AvgIpc) is 3.52. The fraction of sp³-hybridized carbons (Fsp3) is 0.542. The summed E-state index contributed by atoms with van der Waals surface area (Å²) in [6.45, 7) is 2.54. The van der Waals surface area contributed by atoms with Crippen LogP contribution in [-0.2, 0) is 14.9 Å². The third-order valence-corrected chi connectivity index (χ3v) is 7.38. The zero-order valence-corrected chi connectivity index (χ0v) is 17.3. The van der Waals surface area contributed by atoms with Crippen molar-refractivity contribution >= 4 is 18.0 Å². The van der Waals surface area contributed by atoms with Crippen molar-refractivity contribution in [2.45, 2.75) is 56.3 Å². The second-order valence-corrected chi connectivity index (χ2v) is 9.28. The quantitative estimate of drug-likeness (QED) is 0.538. The summed E-state index contributed by atoms with van der Waals surface area (Å²) in [5, 5.41) is 8.00. The minimum Gasteiger partial charge on any atom is -0.384 e. The standard InChI is InChI=1S/C24H29N3O3/c28-12-2-4-18-3-1-5-20(15-18)25-17-23-8-10-24(16-23,11-9-23)22-26-21(27-30-22)19-6-13-29-14-7-19/h1-5,12,15,19,25H,6-11,13-14,16-17H2/b4-2+. The molecule has 2 aliphatic carbocycles. The summed E-state index contributed by atoms with van der Waals surface area (Å²) >= 11 is 0. The Labute approximate surface area is 177 Å². The Morgan fingerprint density at radius 3 is 2.80 bits per heavy atom. The van der Waals surface area contributed by atoms with Gasteiger partial charge in [-0.05, 0) is 74.1 Å². The second-order valence-electron chi connectivity index (χ2n) is 9.28. The Hall–Kier alpha value is -2.47. The van der Waals surface area contributed by atoms with Crippen molar-refractivity contribution < 1.29 is 14.1 Å². The molecule has 1 aromatic heterocycles. The van der Waals surface area contributed by atoms with Gasteiger partial charge in [0.05, 0.1) is 5.41 Å². The van der Waals surface area contributed by atoms with Crippen molar-refractivity contribution in [1.29, 1.82) is 0 Å². The molecule has 0 unspecified atom stereocenters. The fourth-order valence-electron chi connectivity index (χ4n) is 5.62. The number of hydrogen-bond donors (Lipinski definition) is 1. The van der Waals surface area contributed by atoms with Crippen LogP contribution in [0.5, 0.6) is 0 Å². The van der Waals surface area contributed by atoms with Crippen LogP contribution in [0, 0.1) is 5.41 Å². The molecule has 0 amide bonds. The first kappa shape index (κ1) is 19.5. The molecule has 1 aliphatic heterocycles. The predicted molar refractivity (Wildman–Crippen MR) is 114 cm³/mol. The summed E-state index contributed by atoms with van der Waals surface area (Å²) in [7, 11) is 0. The summed E-state index contributed by atoms with van der Waals surface area (Å²) in [5.41, 5.74) is 2.49. The number of ether oxygens (including phenoxy) is 1. The van der Waals surface area contributed by atoms with Gasteiger partial charge >= 0.3 is 0 Å². The zero-order chi connectivity index (χ0) is 20.4. The van der Waals surface area contributed by atoms with Crippen molar-refractivity contribution in [3.8, 4) is 0 Å². The monoisotopic (exact) mass is 407 g/mol. The lowest BCUT2D eigenvalue weighted by molar-refractivity contribution is -0.104. The summed E-state index contributed by atoms with van der Waals surface area (Å²) in [5.74, 6) is 2.12. The lowest BCUT2D eigenvalue weighted by Gasteiger charge is -2.27. The highest BCUT2D eigenvalue weighted by atomic mass is 16.5. The van der Waals surface area contributed by atoms with E-state index in [9.17, 15) is 4.79 Å². The minimum absolute atomic E-state index is 0.0621. The highest BCUT2D eigenvalue weighted by Gasteiger charge is 2.57. The number of carbonyl (C=O) groups is 1. The predicted octanol–water partition coefficient (Wildman–Crippen LogP) is 4.49. The van der Waals surface area contributed by atoms with E-state index in [1.807, 2.05) is 18.2 Å². The van der Waals surface area contributed by atoms with Crippen LogP contribution in [0.25, 0.3) is 6.08 Å². The van der Waals surface area contributed by atoms with E-state index in [-0.39, 0.29) is 5.41 Å². The summed E-state index contributed by atoms with van der Waals surface area (Å²) < 4.78 is 11.3. The molecule has 1 N–H and O–H groups in total. The van der Waals surface area contributed by atoms with Gasteiger partial charge in [-0.2, -0.15) is 4.98 Å². The molecule has 6 nitrogen and oxygen atoms in total. The van der Waals surface area contributed by atoms with E-state index >= 15 is 0 Å². The SMILES string of the molecule is O=C/C=C/c1cccc(NCC23CCC(c4nc(C5CCOCC5)no4)(CC2)C3)c1. The van der Waals surface area contributed by atoms with E-state index in [0.717, 1.165) is 81.1 Å². The van der Waals surface area contributed by atoms with Crippen molar-refractivity contribution in [2.24, 2.45) is 5.41 Å². The Balaban J connectivity index is 1.25. The highest BCUT2D eigenvalue weighted by molar-refractivity contribution is 5.74. The van der Waals surface area contributed by atoms with Crippen LogP contribution in [0.1, 0.15) is 68.1 Å². The van der Waals surface area contributed by atoms with Gasteiger partial charge in [0.15, 0.2) is 5.82 Å². The number of carbonyl (C=O) groups excluding carboxylic acids is 1. The molecule has 2 aromatic rings. The van der Waals surface area contributed by atoms with Gasteiger partial charge in [-0.1, -0.05) is 23.4 Å². The van der Waals surface area contributed by atoms with E-state index in [4.69, 9.17) is 14.2 Å². The molecule has 3 fully saturated rings. The van der Waals surface area contributed by atoms with Gasteiger partial charge in [-0.3, -0.25) is 4.79 Å². The third-order valence-electron chi connectivity index (χ3n) is 7.38. The van der Waals surface area contributed by atoms with Crippen molar-refractivity contribution in [3.05, 3.63) is 47.6 Å². The normalized spacial score (nSPS) is 28.9. The molecule has 0 spiro atoms. The molecule has 2 bridgehead atoms. The van der Waals surface area contributed by atoms with Crippen LogP contribution in [0.4, 0.5) is 5.69 Å². The smallest absolute Gasteiger partial charge is 0.232 e. The zero-order valence-electron chi connectivity index (χ0n) is 17.3. The van der Waals surface area contributed by atoms with Gasteiger partial charge in [0.1, 0.15) is 6.29 Å². The number of allylic oxidation sites excluding steroid dienone is 1. The first-order chi connectivity index (χ1) is 14.7. The maximum atomic E-state index is 10.6. The molecule has 2 saturated carbocycles. The summed E-state index contributed by atoms with van der Waals surface area (Å²) in [6.07, 6.45) is 11.9. The Kier molecular flexibility index (Phi) is 5.19. The number of aldehydes is 1. The van der Waals surface area contributed by atoms with Gasteiger partial charge in [0, 0.05) is 31.4 Å². The summed E-state index contributed by atoms with van der Waals surface area (Å²) in [4.78, 5) is 15.4. The second kappa shape index (κ2) is 7.99. The number of nitrogens with one attached hydrogen (secondary N) is 1. The number of nitrogens with zero attached hydrogens (tertiary/aromatic N) is 2. The molecular formula is C24H29N3O3. The largest absolute Gasteiger partial charge is 0.384 e. The minimum atomic E-state index is 0.0621. The highest BCUT2D eigenvalue weighted by Crippen LogP contribution is 2.62. The summed E-state index contributed by atoms with van der Waals surface area (Å²) in [6, 6.07) is 8.20. The molecule has 2 heterocycles. The van der Waals surface area contributed by atoms with Crippen molar-refractivity contribution in [1.82, 2.24) is 10.1 Å². The molecule has 0 atom stereocenters. The Morgan fingerprint density at radius 2 is 2.00 bits per heavy atom. The lowest BCUT2D eigenvalue weighted by atomic mass is 9.82. The molecular weight excluding hydrogens is 378 g/mol. The molecule has 1 aromatic carbocycles. The van der Waals surface area contributed by atoms with E-state index in [0.29, 0.717) is 11.3 Å². The molecule has 5 rings (SSSR count). The molecule has 30 heavy (non-hydrogen) atoms. The van der Waals surface area contributed by atoms with Crippen molar-refractivity contribution in [3.63, 3.8) is 0 Å². The fourth-order valence-corrected chi connectivity index (χ4v) is 5.62. The molecule has 6 heteroatoms. The van der Waals surface area contributed by atoms with Gasteiger partial charge in [-0.25, -0.2) is 0 Å². The number of anilines is 1. The Morgan fingerprint density at radius 1 is 1.17 bits per heavy atom. The lowest BCUT2D eigenvalue weighted by Crippen LogP contribution is -2.24. The first-order valence-electron chi connectivity index (χ1n) is 11.1. The third kappa shape index (κ3) is 3.69. The Bertz CT molecular complexity index is 921. The first-order valence-corrected chi connectivity index (χ1v) is 11.1. The molecule has 3 aliphatic rings.